The maximum Gasteiger partial charge on any atom is 0.326 e. The van der Waals surface area contributed by atoms with E-state index in [1.165, 1.54) is 20.1 Å². The number of anilines is 1. The Bertz CT molecular complexity index is 536. The number of methoxy groups -OCH3 is 1. The van der Waals surface area contributed by atoms with E-state index in [4.69, 9.17) is 9.84 Å². The number of hydrogen-bond acceptors (Lipinski definition) is 5. The fraction of sp³-hybridized carbons (Fsp3) is 0.462. The molecule has 0 aliphatic heterocycles. The summed E-state index contributed by atoms with van der Waals surface area (Å²) >= 11 is 0. The van der Waals surface area contributed by atoms with Crippen LogP contribution in [0, 0.1) is 22.9 Å². The summed E-state index contributed by atoms with van der Waals surface area (Å²) in [6.07, 6.45) is 0.713. The van der Waals surface area contributed by atoms with Crippen molar-refractivity contribution >= 4 is 17.3 Å². The highest BCUT2D eigenvalue weighted by Gasteiger charge is 2.23. The lowest BCUT2D eigenvalue weighted by Crippen LogP contribution is -2.30. The standard InChI is InChI=1S/C13H17FN2O5/c1-8-6-11(12(16(19)20)7-9(8)14)15-10(13(17)18)4-3-5-21-2/h6-7,10,15H,3-5H2,1-2H3,(H,17,18). The van der Waals surface area contributed by atoms with Crippen molar-refractivity contribution in [1.29, 1.82) is 0 Å². The number of halogens is 1. The number of aryl methyl sites for hydroxylation is 1. The van der Waals surface area contributed by atoms with E-state index in [1.807, 2.05) is 0 Å². The highest BCUT2D eigenvalue weighted by molar-refractivity contribution is 5.79. The van der Waals surface area contributed by atoms with Gasteiger partial charge in [0.2, 0.25) is 0 Å². The Morgan fingerprint density at radius 3 is 2.76 bits per heavy atom. The van der Waals surface area contributed by atoms with Crippen molar-refractivity contribution in [2.75, 3.05) is 19.0 Å². The van der Waals surface area contributed by atoms with Crippen molar-refractivity contribution in [2.45, 2.75) is 25.8 Å². The Morgan fingerprint density at radius 1 is 1.57 bits per heavy atom. The van der Waals surface area contributed by atoms with Gasteiger partial charge in [-0.25, -0.2) is 9.18 Å². The van der Waals surface area contributed by atoms with Gasteiger partial charge in [-0.05, 0) is 31.4 Å². The summed E-state index contributed by atoms with van der Waals surface area (Å²) in [5, 5.41) is 22.7. The quantitative estimate of drug-likeness (QED) is 0.434. The van der Waals surface area contributed by atoms with E-state index in [2.05, 4.69) is 5.32 Å². The van der Waals surface area contributed by atoms with E-state index in [0.29, 0.717) is 13.0 Å². The number of nitrogens with zero attached hydrogens (tertiary/aromatic N) is 1. The lowest BCUT2D eigenvalue weighted by molar-refractivity contribution is -0.384. The van der Waals surface area contributed by atoms with Crippen LogP contribution in [0.15, 0.2) is 12.1 Å². The summed E-state index contributed by atoms with van der Waals surface area (Å²) in [5.74, 6) is -1.85. The Labute approximate surface area is 120 Å². The maximum atomic E-state index is 13.4. The molecule has 0 bridgehead atoms. The molecule has 0 saturated carbocycles. The van der Waals surface area contributed by atoms with Gasteiger partial charge < -0.3 is 15.2 Å². The molecule has 1 atom stereocenters. The van der Waals surface area contributed by atoms with Crippen LogP contribution >= 0.6 is 0 Å². The van der Waals surface area contributed by atoms with Crippen LogP contribution in [-0.4, -0.2) is 35.8 Å². The monoisotopic (exact) mass is 300 g/mol. The zero-order chi connectivity index (χ0) is 16.0. The van der Waals surface area contributed by atoms with E-state index in [-0.39, 0.29) is 17.7 Å². The molecule has 21 heavy (non-hydrogen) atoms. The molecule has 1 aromatic carbocycles. The number of carbonyl (C=O) groups is 1. The third kappa shape index (κ3) is 4.67. The number of carboxylic acid groups (broad SMARTS) is 1. The number of rotatable bonds is 8. The smallest absolute Gasteiger partial charge is 0.326 e. The van der Waals surface area contributed by atoms with Crippen LogP contribution in [0.1, 0.15) is 18.4 Å². The molecule has 116 valence electrons. The molecule has 8 heteroatoms. The van der Waals surface area contributed by atoms with Crippen LogP contribution in [-0.2, 0) is 9.53 Å². The summed E-state index contributed by atoms with van der Waals surface area (Å²) in [5.41, 5.74) is -0.302. The molecule has 0 spiro atoms. The third-order valence-corrected chi connectivity index (χ3v) is 2.94. The highest BCUT2D eigenvalue weighted by Crippen LogP contribution is 2.28. The predicted octanol–water partition coefficient (Wildman–Crippen LogP) is 2.33. The van der Waals surface area contributed by atoms with Crippen molar-refractivity contribution in [3.05, 3.63) is 33.6 Å². The summed E-state index contributed by atoms with van der Waals surface area (Å²) in [6, 6.07) is 1.01. The summed E-state index contributed by atoms with van der Waals surface area (Å²) in [6.45, 7) is 1.83. The number of nitro benzene ring substituents is 1. The van der Waals surface area contributed by atoms with Crippen molar-refractivity contribution in [1.82, 2.24) is 0 Å². The minimum absolute atomic E-state index is 0.0104. The molecule has 1 aromatic rings. The van der Waals surface area contributed by atoms with E-state index in [9.17, 15) is 19.3 Å². The number of hydrogen-bond donors (Lipinski definition) is 2. The minimum atomic E-state index is -1.14. The second-order valence-corrected chi connectivity index (χ2v) is 4.55. The van der Waals surface area contributed by atoms with Crippen molar-refractivity contribution < 1.29 is 24.0 Å². The number of nitro groups is 1. The van der Waals surface area contributed by atoms with Gasteiger partial charge in [0, 0.05) is 13.7 Å². The number of carboxylic acids is 1. The highest BCUT2D eigenvalue weighted by atomic mass is 19.1. The molecular formula is C13H17FN2O5. The zero-order valence-corrected chi connectivity index (χ0v) is 11.8. The molecule has 0 aromatic heterocycles. The first kappa shape index (κ1) is 16.8. The van der Waals surface area contributed by atoms with Crippen molar-refractivity contribution in [3.8, 4) is 0 Å². The van der Waals surface area contributed by atoms with E-state index in [0.717, 1.165) is 6.07 Å². The molecule has 0 radical (unpaired) electrons. The molecule has 0 fully saturated rings. The topological polar surface area (TPSA) is 102 Å². The molecule has 0 saturated heterocycles. The first-order valence-corrected chi connectivity index (χ1v) is 6.29. The summed E-state index contributed by atoms with van der Waals surface area (Å²) in [7, 11) is 1.50. The first-order chi connectivity index (χ1) is 9.86. The SMILES string of the molecule is COCCCC(Nc1cc(C)c(F)cc1[N+](=O)[O-])C(=O)O. The van der Waals surface area contributed by atoms with Crippen LogP contribution in [0.25, 0.3) is 0 Å². The van der Waals surface area contributed by atoms with E-state index >= 15 is 0 Å². The van der Waals surface area contributed by atoms with Gasteiger partial charge in [-0.3, -0.25) is 10.1 Å². The number of ether oxygens (including phenoxy) is 1. The predicted molar refractivity (Wildman–Crippen MR) is 73.9 cm³/mol. The molecule has 7 nitrogen and oxygen atoms in total. The Balaban J connectivity index is 2.99. The Hall–Kier alpha value is -2.22. The molecule has 2 N–H and O–H groups in total. The fourth-order valence-electron chi connectivity index (χ4n) is 1.81. The Morgan fingerprint density at radius 2 is 2.24 bits per heavy atom. The zero-order valence-electron chi connectivity index (χ0n) is 11.8. The molecule has 0 aliphatic rings. The Kier molecular flexibility index (Phi) is 6.04. The average Bonchev–Trinajstić information content (AvgIpc) is 2.41. The summed E-state index contributed by atoms with van der Waals surface area (Å²) < 4.78 is 18.2. The number of aliphatic carboxylic acids is 1. The van der Waals surface area contributed by atoms with Gasteiger partial charge in [-0.2, -0.15) is 0 Å². The largest absolute Gasteiger partial charge is 0.480 e. The van der Waals surface area contributed by atoms with Gasteiger partial charge in [-0.15, -0.1) is 0 Å². The molecule has 0 aliphatic carbocycles. The number of benzene rings is 1. The summed E-state index contributed by atoms with van der Waals surface area (Å²) in [4.78, 5) is 21.4. The van der Waals surface area contributed by atoms with Crippen molar-refractivity contribution in [2.24, 2.45) is 0 Å². The number of nitrogens with one attached hydrogen (secondary N) is 1. The lowest BCUT2D eigenvalue weighted by Gasteiger charge is -2.16. The maximum absolute atomic E-state index is 13.4. The molecular weight excluding hydrogens is 283 g/mol. The van der Waals surface area contributed by atoms with Gasteiger partial charge in [0.15, 0.2) is 0 Å². The van der Waals surface area contributed by atoms with Gasteiger partial charge in [0.25, 0.3) is 5.69 Å². The molecule has 1 unspecified atom stereocenters. The lowest BCUT2D eigenvalue weighted by atomic mass is 10.1. The van der Waals surface area contributed by atoms with E-state index in [1.54, 1.807) is 0 Å². The van der Waals surface area contributed by atoms with Crippen molar-refractivity contribution in [3.63, 3.8) is 0 Å². The minimum Gasteiger partial charge on any atom is -0.480 e. The van der Waals surface area contributed by atoms with Gasteiger partial charge >= 0.3 is 5.97 Å². The van der Waals surface area contributed by atoms with E-state index < -0.39 is 28.4 Å². The van der Waals surface area contributed by atoms with Crippen LogP contribution in [0.4, 0.5) is 15.8 Å². The van der Waals surface area contributed by atoms with Crippen LogP contribution in [0.5, 0.6) is 0 Å². The third-order valence-electron chi connectivity index (χ3n) is 2.94. The van der Waals surface area contributed by atoms with Gasteiger partial charge in [0.05, 0.1) is 11.0 Å². The normalized spacial score (nSPS) is 12.0. The fourth-order valence-corrected chi connectivity index (χ4v) is 1.81. The van der Waals surface area contributed by atoms with Crippen LogP contribution in [0.3, 0.4) is 0 Å². The second kappa shape index (κ2) is 7.53. The van der Waals surface area contributed by atoms with Gasteiger partial charge in [-0.1, -0.05) is 0 Å². The average molecular weight is 300 g/mol. The van der Waals surface area contributed by atoms with Crippen LogP contribution < -0.4 is 5.32 Å². The second-order valence-electron chi connectivity index (χ2n) is 4.55. The molecule has 0 heterocycles. The van der Waals surface area contributed by atoms with Gasteiger partial charge in [0.1, 0.15) is 17.5 Å². The first-order valence-electron chi connectivity index (χ1n) is 6.29. The molecule has 1 rings (SSSR count). The van der Waals surface area contributed by atoms with Crippen LogP contribution in [0.2, 0.25) is 0 Å². The molecule has 0 amide bonds.